The molecule has 3 aromatic rings. The van der Waals surface area contributed by atoms with Gasteiger partial charge in [-0.05, 0) is 42.5 Å². The fourth-order valence-corrected chi connectivity index (χ4v) is 2.23. The van der Waals surface area contributed by atoms with Gasteiger partial charge in [-0.25, -0.2) is 4.68 Å². The van der Waals surface area contributed by atoms with Gasteiger partial charge in [-0.1, -0.05) is 5.21 Å². The Labute approximate surface area is 142 Å². The molecule has 0 fully saturated rings. The number of aromatic hydroxyl groups is 1. The number of alkyl halides is 6. The number of phenolic OH excluding ortho intramolecular Hbond substituents is 1. The van der Waals surface area contributed by atoms with E-state index in [0.717, 1.165) is 4.68 Å². The molecule has 2 aromatic carbocycles. The summed E-state index contributed by atoms with van der Waals surface area (Å²) in [4.78, 5) is 0. The molecule has 136 valence electrons. The lowest BCUT2D eigenvalue weighted by Gasteiger charge is -2.13. The number of hydrogen-bond donors (Lipinski definition) is 1. The Kier molecular flexibility index (Phi) is 4.13. The van der Waals surface area contributed by atoms with Crippen LogP contribution in [0.4, 0.5) is 26.3 Å². The zero-order valence-electron chi connectivity index (χ0n) is 12.7. The van der Waals surface area contributed by atoms with Crippen molar-refractivity contribution in [1.82, 2.24) is 15.0 Å². The van der Waals surface area contributed by atoms with Crippen LogP contribution in [0.3, 0.4) is 0 Å². The van der Waals surface area contributed by atoms with Gasteiger partial charge in [0.2, 0.25) is 0 Å². The summed E-state index contributed by atoms with van der Waals surface area (Å²) in [5.41, 5.74) is -2.61. The van der Waals surface area contributed by atoms with Gasteiger partial charge in [0, 0.05) is 5.56 Å². The van der Waals surface area contributed by atoms with Crippen LogP contribution >= 0.6 is 0 Å². The average molecular weight is 373 g/mol. The van der Waals surface area contributed by atoms with E-state index in [2.05, 4.69) is 10.3 Å². The Balaban J connectivity index is 2.07. The van der Waals surface area contributed by atoms with Crippen molar-refractivity contribution in [2.45, 2.75) is 12.4 Å². The SMILES string of the molecule is Oc1ccc(-c2cn(-c3cc(C(F)(F)F)cc(C(F)(F)F)c3)nn2)cc1. The molecule has 1 N–H and O–H groups in total. The minimum Gasteiger partial charge on any atom is -0.508 e. The maximum Gasteiger partial charge on any atom is 0.416 e. The highest BCUT2D eigenvalue weighted by Gasteiger charge is 2.37. The van der Waals surface area contributed by atoms with E-state index in [1.165, 1.54) is 30.5 Å². The summed E-state index contributed by atoms with van der Waals surface area (Å²) in [7, 11) is 0. The van der Waals surface area contributed by atoms with Crippen molar-refractivity contribution in [2.24, 2.45) is 0 Å². The molecule has 26 heavy (non-hydrogen) atoms. The number of hydrogen-bond acceptors (Lipinski definition) is 3. The third kappa shape index (κ3) is 3.63. The van der Waals surface area contributed by atoms with E-state index < -0.39 is 29.2 Å². The summed E-state index contributed by atoms with van der Waals surface area (Å²) in [5, 5.41) is 16.6. The Bertz CT molecular complexity index is 896. The molecule has 0 aliphatic heterocycles. The summed E-state index contributed by atoms with van der Waals surface area (Å²) in [6.07, 6.45) is -8.70. The van der Waals surface area contributed by atoms with E-state index in [1.54, 1.807) is 0 Å². The van der Waals surface area contributed by atoms with Gasteiger partial charge < -0.3 is 5.11 Å². The molecular weight excluding hydrogens is 364 g/mol. The normalized spacial score (nSPS) is 12.4. The van der Waals surface area contributed by atoms with E-state index >= 15 is 0 Å². The molecule has 0 spiro atoms. The second-order valence-electron chi connectivity index (χ2n) is 5.36. The van der Waals surface area contributed by atoms with Crippen LogP contribution in [-0.2, 0) is 12.4 Å². The molecule has 4 nitrogen and oxygen atoms in total. The molecule has 3 rings (SSSR count). The van der Waals surface area contributed by atoms with Gasteiger partial charge in [0.1, 0.15) is 11.4 Å². The first kappa shape index (κ1) is 17.8. The van der Waals surface area contributed by atoms with E-state index in [4.69, 9.17) is 0 Å². The molecule has 0 atom stereocenters. The minimum absolute atomic E-state index is 0.00570. The molecule has 0 saturated heterocycles. The summed E-state index contributed by atoms with van der Waals surface area (Å²) in [6, 6.07) is 6.85. The van der Waals surface area contributed by atoms with Crippen LogP contribution in [0.1, 0.15) is 11.1 Å². The van der Waals surface area contributed by atoms with Crippen LogP contribution in [0.25, 0.3) is 16.9 Å². The van der Waals surface area contributed by atoms with Crippen molar-refractivity contribution in [3.63, 3.8) is 0 Å². The van der Waals surface area contributed by atoms with Crippen molar-refractivity contribution >= 4 is 0 Å². The maximum atomic E-state index is 12.9. The molecule has 0 radical (unpaired) electrons. The minimum atomic E-state index is -4.95. The Morgan fingerprint density at radius 3 is 1.85 bits per heavy atom. The van der Waals surface area contributed by atoms with E-state index in [9.17, 15) is 31.4 Å². The lowest BCUT2D eigenvalue weighted by Crippen LogP contribution is -2.12. The Morgan fingerprint density at radius 1 is 0.808 bits per heavy atom. The van der Waals surface area contributed by atoms with Crippen LogP contribution < -0.4 is 0 Å². The molecule has 0 unspecified atom stereocenters. The molecule has 10 heteroatoms. The largest absolute Gasteiger partial charge is 0.508 e. The van der Waals surface area contributed by atoms with Crippen LogP contribution in [0.2, 0.25) is 0 Å². The lowest BCUT2D eigenvalue weighted by molar-refractivity contribution is -0.143. The van der Waals surface area contributed by atoms with Crippen molar-refractivity contribution in [2.75, 3.05) is 0 Å². The molecule has 0 bridgehead atoms. The fourth-order valence-electron chi connectivity index (χ4n) is 2.23. The molecule has 0 saturated carbocycles. The molecule has 0 amide bonds. The van der Waals surface area contributed by atoms with Crippen molar-refractivity contribution in [3.05, 3.63) is 59.8 Å². The Morgan fingerprint density at radius 2 is 1.35 bits per heavy atom. The van der Waals surface area contributed by atoms with Gasteiger partial charge >= 0.3 is 12.4 Å². The molecule has 0 aliphatic rings. The van der Waals surface area contributed by atoms with Crippen molar-refractivity contribution < 1.29 is 31.4 Å². The topological polar surface area (TPSA) is 50.9 Å². The van der Waals surface area contributed by atoms with Crippen LogP contribution in [0.5, 0.6) is 5.75 Å². The van der Waals surface area contributed by atoms with E-state index in [1.807, 2.05) is 0 Å². The van der Waals surface area contributed by atoms with Gasteiger partial charge in [0.15, 0.2) is 0 Å². The maximum absolute atomic E-state index is 12.9. The van der Waals surface area contributed by atoms with E-state index in [0.29, 0.717) is 17.7 Å². The van der Waals surface area contributed by atoms with Crippen LogP contribution in [0, 0.1) is 0 Å². The van der Waals surface area contributed by atoms with Crippen molar-refractivity contribution in [1.29, 1.82) is 0 Å². The quantitative estimate of drug-likeness (QED) is 0.664. The predicted octanol–water partition coefficient (Wildman–Crippen LogP) is 4.68. The first-order chi connectivity index (χ1) is 12.0. The molecule has 0 aliphatic carbocycles. The van der Waals surface area contributed by atoms with Gasteiger partial charge in [0.25, 0.3) is 0 Å². The Hall–Kier alpha value is -3.04. The molecule has 1 heterocycles. The van der Waals surface area contributed by atoms with Gasteiger partial charge in [0.05, 0.1) is 23.0 Å². The summed E-state index contributed by atoms with van der Waals surface area (Å²) in [5.74, 6) is -0.00570. The van der Waals surface area contributed by atoms with Crippen LogP contribution in [-0.4, -0.2) is 20.1 Å². The number of rotatable bonds is 2. The smallest absolute Gasteiger partial charge is 0.416 e. The van der Waals surface area contributed by atoms with Crippen molar-refractivity contribution in [3.8, 4) is 22.7 Å². The monoisotopic (exact) mass is 373 g/mol. The number of nitrogens with zero attached hydrogens (tertiary/aromatic N) is 3. The zero-order chi connectivity index (χ0) is 19.1. The van der Waals surface area contributed by atoms with Gasteiger partial charge in [-0.2, -0.15) is 26.3 Å². The highest BCUT2D eigenvalue weighted by Crippen LogP contribution is 2.37. The molecular formula is C16H9F6N3O. The average Bonchev–Trinajstić information content (AvgIpc) is 3.03. The summed E-state index contributed by atoms with van der Waals surface area (Å²) >= 11 is 0. The molecule has 1 aromatic heterocycles. The second kappa shape index (κ2) is 6.04. The highest BCUT2D eigenvalue weighted by atomic mass is 19.4. The third-order valence-electron chi connectivity index (χ3n) is 3.49. The van der Waals surface area contributed by atoms with Gasteiger partial charge in [-0.3, -0.25) is 0 Å². The highest BCUT2D eigenvalue weighted by molar-refractivity contribution is 5.59. The summed E-state index contributed by atoms with van der Waals surface area (Å²) in [6.45, 7) is 0. The second-order valence-corrected chi connectivity index (χ2v) is 5.36. The number of halogens is 6. The number of phenols is 1. The number of aromatic nitrogens is 3. The number of benzene rings is 2. The first-order valence-corrected chi connectivity index (χ1v) is 7.06. The first-order valence-electron chi connectivity index (χ1n) is 7.06. The van der Waals surface area contributed by atoms with Gasteiger partial charge in [-0.15, -0.1) is 5.10 Å². The fraction of sp³-hybridized carbons (Fsp3) is 0.125. The lowest BCUT2D eigenvalue weighted by atomic mass is 10.1. The zero-order valence-corrected chi connectivity index (χ0v) is 12.7. The van der Waals surface area contributed by atoms with Crippen LogP contribution in [0.15, 0.2) is 48.7 Å². The third-order valence-corrected chi connectivity index (χ3v) is 3.49. The predicted molar refractivity (Wildman–Crippen MR) is 78.5 cm³/mol. The van der Waals surface area contributed by atoms with E-state index in [-0.39, 0.29) is 17.5 Å². The standard InChI is InChI=1S/C16H9F6N3O/c17-15(18,19)10-5-11(16(20,21)22)7-12(6-10)25-8-14(23-24-25)9-1-3-13(26)4-2-9/h1-8,26H. The summed E-state index contributed by atoms with van der Waals surface area (Å²) < 4.78 is 78.4.